The Balaban J connectivity index is 1.27. The van der Waals surface area contributed by atoms with Crippen LogP contribution in [0.25, 0.3) is 11.1 Å². The number of carboxylic acid groups (broad SMARTS) is 1. The first-order valence-corrected chi connectivity index (χ1v) is 12.7. The first-order chi connectivity index (χ1) is 17.1. The van der Waals surface area contributed by atoms with Crippen LogP contribution in [0.2, 0.25) is 0 Å². The molecular weight excluding hydrogens is 436 g/mol. The fraction of sp³-hybridized carbons (Fsp3) is 0.367. The van der Waals surface area contributed by atoms with E-state index in [-0.39, 0.29) is 11.8 Å². The van der Waals surface area contributed by atoms with Gasteiger partial charge >= 0.3 is 5.97 Å². The molecule has 2 aliphatic carbocycles. The number of rotatable bonds is 6. The highest BCUT2D eigenvalue weighted by Crippen LogP contribution is 2.39. The number of hydrogen-bond acceptors (Lipinski definition) is 3. The van der Waals surface area contributed by atoms with Crippen LogP contribution in [0.1, 0.15) is 73.5 Å². The normalized spacial score (nSPS) is 21.7. The number of benzene rings is 2. The Morgan fingerprint density at radius 1 is 0.886 bits per heavy atom. The van der Waals surface area contributed by atoms with Crippen molar-refractivity contribution >= 4 is 17.6 Å². The Morgan fingerprint density at radius 2 is 1.60 bits per heavy atom. The number of carbonyl (C=O) groups is 2. The van der Waals surface area contributed by atoms with Crippen molar-refractivity contribution in [2.24, 2.45) is 5.92 Å². The fourth-order valence-electron chi connectivity index (χ4n) is 5.83. The molecule has 0 spiro atoms. The lowest BCUT2D eigenvalue weighted by Gasteiger charge is -2.28. The van der Waals surface area contributed by atoms with E-state index in [4.69, 9.17) is 5.11 Å². The molecule has 0 bridgehead atoms. The van der Waals surface area contributed by atoms with Crippen LogP contribution >= 0.6 is 0 Å². The van der Waals surface area contributed by atoms with E-state index in [1.54, 1.807) is 12.4 Å². The van der Waals surface area contributed by atoms with Gasteiger partial charge in [0.1, 0.15) is 0 Å². The van der Waals surface area contributed by atoms with Gasteiger partial charge in [0.25, 0.3) is 0 Å². The lowest BCUT2D eigenvalue weighted by molar-refractivity contribution is -0.138. The summed E-state index contributed by atoms with van der Waals surface area (Å²) in [4.78, 5) is 28.0. The molecule has 1 fully saturated rings. The van der Waals surface area contributed by atoms with Gasteiger partial charge in [0, 0.05) is 24.5 Å². The summed E-state index contributed by atoms with van der Waals surface area (Å²) < 4.78 is 0. The minimum atomic E-state index is -0.677. The molecule has 5 nitrogen and oxygen atoms in total. The van der Waals surface area contributed by atoms with Crippen molar-refractivity contribution in [3.8, 4) is 11.1 Å². The summed E-state index contributed by atoms with van der Waals surface area (Å²) in [5.41, 5.74) is 6.93. The van der Waals surface area contributed by atoms with E-state index in [2.05, 4.69) is 52.8 Å². The molecule has 1 amide bonds. The molecule has 3 aromatic rings. The van der Waals surface area contributed by atoms with E-state index < -0.39 is 5.97 Å². The molecule has 2 aromatic carbocycles. The number of carboxylic acids is 1. The van der Waals surface area contributed by atoms with Crippen molar-refractivity contribution in [1.29, 1.82) is 0 Å². The van der Waals surface area contributed by atoms with Crippen LogP contribution < -0.4 is 5.32 Å². The van der Waals surface area contributed by atoms with Crippen LogP contribution in [0.4, 0.5) is 5.69 Å². The molecule has 0 saturated heterocycles. The van der Waals surface area contributed by atoms with Crippen molar-refractivity contribution in [3.05, 3.63) is 83.7 Å². The summed E-state index contributed by atoms with van der Waals surface area (Å²) >= 11 is 0. The van der Waals surface area contributed by atoms with Gasteiger partial charge in [-0.15, -0.1) is 0 Å². The number of pyridine rings is 1. The Kier molecular flexibility index (Phi) is 6.94. The quantitative estimate of drug-likeness (QED) is 0.430. The van der Waals surface area contributed by atoms with E-state index in [0.29, 0.717) is 18.3 Å². The number of fused-ring (bicyclic) bond motifs is 1. The predicted octanol–water partition coefficient (Wildman–Crippen LogP) is 6.56. The second kappa shape index (κ2) is 10.4. The van der Waals surface area contributed by atoms with Crippen molar-refractivity contribution < 1.29 is 14.7 Å². The lowest BCUT2D eigenvalue weighted by Crippen LogP contribution is -2.24. The molecule has 35 heavy (non-hydrogen) atoms. The molecular formula is C30H32N2O3. The van der Waals surface area contributed by atoms with Crippen LogP contribution in [-0.4, -0.2) is 22.0 Å². The molecule has 1 aromatic heterocycles. The molecule has 2 N–H and O–H groups in total. The molecule has 1 unspecified atom stereocenters. The third-order valence-corrected chi connectivity index (χ3v) is 7.75. The zero-order valence-corrected chi connectivity index (χ0v) is 20.0. The van der Waals surface area contributed by atoms with Gasteiger partial charge in [-0.25, -0.2) is 0 Å². The SMILES string of the molecule is O=C(O)CC1CCC(c2ccc(-c3ccc4c(c3)CCCC4C(=O)Nc3ccncc3)cc2)CC1. The first kappa shape index (κ1) is 23.3. The number of aryl methyl sites for hydroxylation is 1. The number of nitrogens with one attached hydrogen (secondary N) is 1. The fourth-order valence-corrected chi connectivity index (χ4v) is 5.83. The maximum absolute atomic E-state index is 13.0. The smallest absolute Gasteiger partial charge is 0.303 e. The minimum absolute atomic E-state index is 0.0485. The maximum Gasteiger partial charge on any atom is 0.303 e. The van der Waals surface area contributed by atoms with Crippen LogP contribution in [0.5, 0.6) is 0 Å². The van der Waals surface area contributed by atoms with Crippen LogP contribution in [-0.2, 0) is 16.0 Å². The number of aromatic nitrogens is 1. The average Bonchev–Trinajstić information content (AvgIpc) is 2.89. The van der Waals surface area contributed by atoms with E-state index in [9.17, 15) is 9.59 Å². The van der Waals surface area contributed by atoms with Gasteiger partial charge in [0.2, 0.25) is 5.91 Å². The maximum atomic E-state index is 13.0. The highest BCUT2D eigenvalue weighted by atomic mass is 16.4. The van der Waals surface area contributed by atoms with Crippen LogP contribution in [0.3, 0.4) is 0 Å². The third-order valence-electron chi connectivity index (χ3n) is 7.75. The Hall–Kier alpha value is -3.47. The van der Waals surface area contributed by atoms with E-state index in [1.165, 1.54) is 22.3 Å². The van der Waals surface area contributed by atoms with Crippen molar-refractivity contribution in [2.75, 3.05) is 5.32 Å². The molecule has 1 saturated carbocycles. The molecule has 0 radical (unpaired) electrons. The topological polar surface area (TPSA) is 79.3 Å². The van der Waals surface area contributed by atoms with E-state index in [1.807, 2.05) is 12.1 Å². The number of hydrogen-bond donors (Lipinski definition) is 2. The van der Waals surface area contributed by atoms with Crippen molar-refractivity contribution in [3.63, 3.8) is 0 Å². The zero-order valence-electron chi connectivity index (χ0n) is 20.0. The van der Waals surface area contributed by atoms with Gasteiger partial charge in [-0.3, -0.25) is 14.6 Å². The molecule has 180 valence electrons. The first-order valence-electron chi connectivity index (χ1n) is 12.7. The lowest BCUT2D eigenvalue weighted by atomic mass is 9.77. The largest absolute Gasteiger partial charge is 0.481 e. The molecule has 2 aliphatic rings. The minimum Gasteiger partial charge on any atom is -0.481 e. The third kappa shape index (κ3) is 5.45. The second-order valence-electron chi connectivity index (χ2n) is 10.0. The van der Waals surface area contributed by atoms with Gasteiger partial charge in [-0.2, -0.15) is 0 Å². The molecule has 5 heteroatoms. The molecule has 5 rings (SSSR count). The molecule has 1 heterocycles. The summed E-state index contributed by atoms with van der Waals surface area (Å²) in [6, 6.07) is 19.1. The van der Waals surface area contributed by atoms with Gasteiger partial charge in [-0.05, 0) is 96.7 Å². The van der Waals surface area contributed by atoms with Crippen molar-refractivity contribution in [1.82, 2.24) is 4.98 Å². The number of anilines is 1. The van der Waals surface area contributed by atoms with Gasteiger partial charge < -0.3 is 10.4 Å². The predicted molar refractivity (Wildman–Crippen MR) is 137 cm³/mol. The Labute approximate surface area is 206 Å². The number of amides is 1. The Morgan fingerprint density at radius 3 is 2.31 bits per heavy atom. The van der Waals surface area contributed by atoms with Gasteiger partial charge in [0.15, 0.2) is 0 Å². The molecule has 0 aliphatic heterocycles. The van der Waals surface area contributed by atoms with E-state index >= 15 is 0 Å². The number of aliphatic carboxylic acids is 1. The highest BCUT2D eigenvalue weighted by molar-refractivity contribution is 5.96. The number of carbonyl (C=O) groups excluding carboxylic acids is 1. The Bertz CT molecular complexity index is 1180. The monoisotopic (exact) mass is 468 g/mol. The highest BCUT2D eigenvalue weighted by Gasteiger charge is 2.27. The second-order valence-corrected chi connectivity index (χ2v) is 10.0. The summed E-state index contributed by atoms with van der Waals surface area (Å²) in [5, 5.41) is 12.1. The standard InChI is InChI=1S/C30H32N2O3/c33-29(34)18-20-4-6-21(7-5-20)22-8-10-23(11-9-22)24-12-13-27-25(19-24)2-1-3-28(27)30(35)32-26-14-16-31-17-15-26/h8-17,19-21,28H,1-7,18H2,(H,33,34)(H,31,32,35). The summed E-state index contributed by atoms with van der Waals surface area (Å²) in [6.45, 7) is 0. The number of nitrogens with zero attached hydrogens (tertiary/aromatic N) is 1. The van der Waals surface area contributed by atoms with Gasteiger partial charge in [-0.1, -0.05) is 42.5 Å². The summed E-state index contributed by atoms with van der Waals surface area (Å²) in [7, 11) is 0. The zero-order chi connectivity index (χ0) is 24.2. The van der Waals surface area contributed by atoms with Crippen molar-refractivity contribution in [2.45, 2.75) is 63.2 Å². The van der Waals surface area contributed by atoms with Crippen LogP contribution in [0.15, 0.2) is 67.0 Å². The average molecular weight is 469 g/mol. The van der Waals surface area contributed by atoms with E-state index in [0.717, 1.165) is 56.2 Å². The molecule has 1 atom stereocenters. The summed E-state index contributed by atoms with van der Waals surface area (Å²) in [5.74, 6) is 0.0990. The van der Waals surface area contributed by atoms with Crippen LogP contribution in [0, 0.1) is 5.92 Å². The summed E-state index contributed by atoms with van der Waals surface area (Å²) in [6.07, 6.45) is 10.7. The van der Waals surface area contributed by atoms with Gasteiger partial charge in [0.05, 0.1) is 5.92 Å².